The van der Waals surface area contributed by atoms with E-state index in [1.54, 1.807) is 7.11 Å². The molecule has 0 N–H and O–H groups in total. The summed E-state index contributed by atoms with van der Waals surface area (Å²) in [6, 6.07) is 9.95. The summed E-state index contributed by atoms with van der Waals surface area (Å²) in [7, 11) is 1.68. The van der Waals surface area contributed by atoms with E-state index in [2.05, 4.69) is 6.92 Å². The van der Waals surface area contributed by atoms with E-state index in [4.69, 9.17) is 4.74 Å². The van der Waals surface area contributed by atoms with Gasteiger partial charge in [-0.15, -0.1) is 0 Å². The third-order valence-corrected chi connectivity index (χ3v) is 4.06. The van der Waals surface area contributed by atoms with Crippen LogP contribution in [0.1, 0.15) is 38.2 Å². The van der Waals surface area contributed by atoms with Crippen molar-refractivity contribution in [3.8, 4) is 0 Å². The van der Waals surface area contributed by atoms with Gasteiger partial charge in [-0.25, -0.2) is 0 Å². The minimum Gasteiger partial charge on any atom is -0.370 e. The van der Waals surface area contributed by atoms with Crippen LogP contribution in [-0.4, -0.2) is 18.5 Å². The summed E-state index contributed by atoms with van der Waals surface area (Å²) in [5, 5.41) is 0. The second kappa shape index (κ2) is 5.66. The lowest BCUT2D eigenvalue weighted by Gasteiger charge is -2.37. The third-order valence-electron chi connectivity index (χ3n) is 4.06. The lowest BCUT2D eigenvalue weighted by atomic mass is 9.75. The molecule has 0 spiro atoms. The zero-order chi connectivity index (χ0) is 13.0. The predicted molar refractivity (Wildman–Crippen MR) is 72.5 cm³/mol. The molecular formula is C16H22O2. The fraction of sp³-hybridized carbons (Fsp3) is 0.562. The van der Waals surface area contributed by atoms with Crippen molar-refractivity contribution in [2.45, 2.75) is 44.6 Å². The van der Waals surface area contributed by atoms with E-state index in [0.717, 1.165) is 24.8 Å². The van der Waals surface area contributed by atoms with E-state index in [9.17, 15) is 4.79 Å². The molecule has 1 aromatic rings. The molecule has 2 nitrogen and oxygen atoms in total. The van der Waals surface area contributed by atoms with Gasteiger partial charge in [-0.05, 0) is 30.7 Å². The first kappa shape index (κ1) is 13.3. The van der Waals surface area contributed by atoms with Crippen LogP contribution in [0, 0.1) is 5.92 Å². The minimum absolute atomic E-state index is 0.239. The molecule has 0 amide bonds. The Kier molecular flexibility index (Phi) is 4.18. The first-order valence-corrected chi connectivity index (χ1v) is 6.79. The molecule has 1 saturated carbocycles. The fourth-order valence-corrected chi connectivity index (χ4v) is 3.00. The van der Waals surface area contributed by atoms with Crippen molar-refractivity contribution in [3.63, 3.8) is 0 Å². The van der Waals surface area contributed by atoms with Gasteiger partial charge in [0, 0.05) is 13.5 Å². The quantitative estimate of drug-likeness (QED) is 0.814. The van der Waals surface area contributed by atoms with Gasteiger partial charge in [-0.1, -0.05) is 43.7 Å². The van der Waals surface area contributed by atoms with Crippen molar-refractivity contribution < 1.29 is 9.53 Å². The smallest absolute Gasteiger partial charge is 0.168 e. The summed E-state index contributed by atoms with van der Waals surface area (Å²) >= 11 is 0. The first-order valence-electron chi connectivity index (χ1n) is 6.79. The van der Waals surface area contributed by atoms with E-state index in [1.807, 2.05) is 30.3 Å². The Morgan fingerprint density at radius 2 is 2.11 bits per heavy atom. The number of methoxy groups -OCH3 is 1. The van der Waals surface area contributed by atoms with Crippen LogP contribution in [-0.2, 0) is 16.0 Å². The van der Waals surface area contributed by atoms with E-state index < -0.39 is 5.60 Å². The molecule has 0 saturated heterocycles. The molecule has 1 fully saturated rings. The van der Waals surface area contributed by atoms with Crippen molar-refractivity contribution in [2.75, 3.05) is 7.11 Å². The highest BCUT2D eigenvalue weighted by atomic mass is 16.5. The first-order chi connectivity index (χ1) is 8.66. The standard InChI is InChI=1S/C16H22O2/c1-13-7-6-10-16(12-13,18-2)15(17)11-14-8-4-3-5-9-14/h3-5,8-9,13H,6-7,10-12H2,1-2H3. The number of ketones is 1. The molecule has 0 heterocycles. The van der Waals surface area contributed by atoms with Crippen LogP contribution in [0.2, 0.25) is 0 Å². The highest BCUT2D eigenvalue weighted by Gasteiger charge is 2.41. The minimum atomic E-state index is -0.534. The molecule has 98 valence electrons. The second-order valence-electron chi connectivity index (χ2n) is 5.49. The van der Waals surface area contributed by atoms with Crippen LogP contribution in [0.15, 0.2) is 30.3 Å². The lowest BCUT2D eigenvalue weighted by molar-refractivity contribution is -0.146. The predicted octanol–water partition coefficient (Wildman–Crippen LogP) is 3.39. The molecule has 2 heteroatoms. The lowest BCUT2D eigenvalue weighted by Crippen LogP contribution is -2.45. The number of carbonyl (C=O) groups is 1. The van der Waals surface area contributed by atoms with E-state index in [1.165, 1.54) is 6.42 Å². The Bertz CT molecular complexity index is 399. The molecule has 2 atom stereocenters. The van der Waals surface area contributed by atoms with Gasteiger partial charge >= 0.3 is 0 Å². The summed E-state index contributed by atoms with van der Waals surface area (Å²) < 4.78 is 5.63. The maximum Gasteiger partial charge on any atom is 0.168 e. The zero-order valence-electron chi connectivity index (χ0n) is 11.3. The van der Waals surface area contributed by atoms with Gasteiger partial charge in [0.1, 0.15) is 5.60 Å². The highest BCUT2D eigenvalue weighted by molar-refractivity contribution is 5.89. The molecule has 2 unspecified atom stereocenters. The van der Waals surface area contributed by atoms with Gasteiger partial charge in [0.15, 0.2) is 5.78 Å². The highest BCUT2D eigenvalue weighted by Crippen LogP contribution is 2.36. The van der Waals surface area contributed by atoms with Crippen LogP contribution < -0.4 is 0 Å². The molecule has 1 aliphatic rings. The third kappa shape index (κ3) is 2.81. The molecule has 0 bridgehead atoms. The van der Waals surface area contributed by atoms with Crippen molar-refractivity contribution in [1.29, 1.82) is 0 Å². The average Bonchev–Trinajstić information content (AvgIpc) is 2.39. The normalized spacial score (nSPS) is 28.0. The van der Waals surface area contributed by atoms with Crippen LogP contribution in [0.3, 0.4) is 0 Å². The van der Waals surface area contributed by atoms with Crippen LogP contribution in [0.5, 0.6) is 0 Å². The molecule has 18 heavy (non-hydrogen) atoms. The summed E-state index contributed by atoms with van der Waals surface area (Å²) in [6.07, 6.45) is 4.54. The molecule has 0 aliphatic heterocycles. The van der Waals surface area contributed by atoms with Crippen LogP contribution in [0.4, 0.5) is 0 Å². The van der Waals surface area contributed by atoms with Crippen molar-refractivity contribution in [1.82, 2.24) is 0 Å². The Hall–Kier alpha value is -1.15. The molecule has 0 radical (unpaired) electrons. The van der Waals surface area contributed by atoms with Crippen LogP contribution in [0.25, 0.3) is 0 Å². The topological polar surface area (TPSA) is 26.3 Å². The molecule has 1 aromatic carbocycles. The molecular weight excluding hydrogens is 224 g/mol. The summed E-state index contributed by atoms with van der Waals surface area (Å²) in [4.78, 5) is 12.5. The van der Waals surface area contributed by atoms with E-state index >= 15 is 0 Å². The average molecular weight is 246 g/mol. The number of benzene rings is 1. The summed E-state index contributed by atoms with van der Waals surface area (Å²) in [5.41, 5.74) is 0.546. The monoisotopic (exact) mass is 246 g/mol. The second-order valence-corrected chi connectivity index (χ2v) is 5.49. The number of hydrogen-bond acceptors (Lipinski definition) is 2. The van der Waals surface area contributed by atoms with Gasteiger partial charge in [-0.3, -0.25) is 4.79 Å². The Labute approximate surface area is 109 Å². The number of rotatable bonds is 4. The van der Waals surface area contributed by atoms with Gasteiger partial charge in [0.25, 0.3) is 0 Å². The van der Waals surface area contributed by atoms with E-state index in [-0.39, 0.29) is 5.78 Å². The number of ether oxygens (including phenoxy) is 1. The van der Waals surface area contributed by atoms with Crippen molar-refractivity contribution >= 4 is 5.78 Å². The maximum atomic E-state index is 12.5. The molecule has 0 aromatic heterocycles. The summed E-state index contributed by atoms with van der Waals surface area (Å²) in [5.74, 6) is 0.821. The maximum absolute atomic E-state index is 12.5. The number of Topliss-reactive ketones (excluding diaryl/α,β-unsaturated/α-hetero) is 1. The van der Waals surface area contributed by atoms with Crippen LogP contribution >= 0.6 is 0 Å². The summed E-state index contributed by atoms with van der Waals surface area (Å²) in [6.45, 7) is 2.21. The van der Waals surface area contributed by atoms with E-state index in [0.29, 0.717) is 12.3 Å². The van der Waals surface area contributed by atoms with Gasteiger partial charge in [0.05, 0.1) is 0 Å². The Balaban J connectivity index is 2.10. The SMILES string of the molecule is COC1(C(=O)Cc2ccccc2)CCCC(C)C1. The largest absolute Gasteiger partial charge is 0.370 e. The molecule has 1 aliphatic carbocycles. The fourth-order valence-electron chi connectivity index (χ4n) is 3.00. The number of hydrogen-bond donors (Lipinski definition) is 0. The molecule has 2 rings (SSSR count). The Morgan fingerprint density at radius 3 is 2.72 bits per heavy atom. The zero-order valence-corrected chi connectivity index (χ0v) is 11.3. The van der Waals surface area contributed by atoms with Crippen molar-refractivity contribution in [2.24, 2.45) is 5.92 Å². The van der Waals surface area contributed by atoms with Crippen molar-refractivity contribution in [3.05, 3.63) is 35.9 Å². The Morgan fingerprint density at radius 1 is 1.39 bits per heavy atom. The number of carbonyl (C=O) groups excluding carboxylic acids is 1. The van der Waals surface area contributed by atoms with Gasteiger partial charge in [-0.2, -0.15) is 0 Å². The van der Waals surface area contributed by atoms with Gasteiger partial charge in [0.2, 0.25) is 0 Å². The van der Waals surface area contributed by atoms with Gasteiger partial charge < -0.3 is 4.74 Å².